The van der Waals surface area contributed by atoms with Crippen LogP contribution >= 0.6 is 0 Å². The molecule has 8 aromatic carbocycles. The Bertz CT molecular complexity index is 3030. The fraction of sp³-hybridized carbons (Fsp3) is 0.0545. The fourth-order valence-corrected chi connectivity index (χ4v) is 10.2. The van der Waals surface area contributed by atoms with Crippen molar-refractivity contribution in [2.24, 2.45) is 0 Å². The Hall–Kier alpha value is -7.16. The Morgan fingerprint density at radius 3 is 1.89 bits per heavy atom. The number of hydrogen-bond donors (Lipinski definition) is 0. The zero-order chi connectivity index (χ0) is 37.5. The molecule has 268 valence electrons. The van der Waals surface area contributed by atoms with E-state index in [0.29, 0.717) is 0 Å². The maximum atomic E-state index is 2.49. The minimum absolute atomic E-state index is 0.492. The Balaban J connectivity index is 1.08. The molecule has 1 spiro atoms. The van der Waals surface area contributed by atoms with Crippen LogP contribution in [0.15, 0.2) is 200 Å². The molecule has 0 unspecified atom stereocenters. The molecule has 1 aromatic heterocycles. The highest BCUT2D eigenvalue weighted by atomic mass is 15.1. The maximum absolute atomic E-state index is 2.49. The van der Waals surface area contributed by atoms with Crippen LogP contribution in [0, 0.1) is 0 Å². The summed E-state index contributed by atoms with van der Waals surface area (Å²) in [7, 11) is 0. The first-order valence-corrected chi connectivity index (χ1v) is 20.1. The van der Waals surface area contributed by atoms with Gasteiger partial charge in [-0.1, -0.05) is 133 Å². The van der Waals surface area contributed by atoms with Crippen molar-refractivity contribution in [1.82, 2.24) is 4.57 Å². The number of allylic oxidation sites excluding steroid dienone is 1. The number of para-hydroxylation sites is 1. The van der Waals surface area contributed by atoms with Gasteiger partial charge in [-0.3, -0.25) is 0 Å². The highest BCUT2D eigenvalue weighted by Gasteiger charge is 2.52. The number of nitrogens with zero attached hydrogens (tertiary/aromatic N) is 2. The molecule has 1 heterocycles. The number of anilines is 3. The largest absolute Gasteiger partial charge is 0.317 e. The Morgan fingerprint density at radius 1 is 0.456 bits per heavy atom. The quantitative estimate of drug-likeness (QED) is 0.171. The second kappa shape index (κ2) is 12.4. The van der Waals surface area contributed by atoms with E-state index in [-0.39, 0.29) is 0 Å². The molecule has 0 saturated heterocycles. The lowest BCUT2D eigenvalue weighted by molar-refractivity contribution is 0.792. The number of aromatic nitrogens is 1. The lowest BCUT2D eigenvalue weighted by Gasteiger charge is -2.32. The van der Waals surface area contributed by atoms with Crippen LogP contribution in [-0.4, -0.2) is 4.57 Å². The normalized spacial score (nSPS) is 13.9. The molecular weight excluding hydrogens is 689 g/mol. The summed E-state index contributed by atoms with van der Waals surface area (Å²) < 4.78 is 2.36. The second-order valence-electron chi connectivity index (χ2n) is 15.6. The number of benzene rings is 8. The minimum Gasteiger partial charge on any atom is -0.317 e. The first kappa shape index (κ1) is 32.1. The predicted molar refractivity (Wildman–Crippen MR) is 237 cm³/mol. The van der Waals surface area contributed by atoms with Crippen molar-refractivity contribution >= 4 is 34.0 Å². The van der Waals surface area contributed by atoms with Gasteiger partial charge >= 0.3 is 0 Å². The monoisotopic (exact) mass is 726 g/mol. The number of aryl methyl sites for hydroxylation is 1. The SMILES string of the molecule is C1=Cc2cc(N(c3ccccc3)c3ccc4c(c3)C3(c5ccccc5-c5ccccc53)c3cc(-n5ccc6cc(-c7ccccc7)ccc65)ccc3-4)ccc2CC1. The van der Waals surface area contributed by atoms with Crippen molar-refractivity contribution in [3.63, 3.8) is 0 Å². The molecule has 0 bridgehead atoms. The third-order valence-electron chi connectivity index (χ3n) is 12.7. The van der Waals surface area contributed by atoms with Crippen molar-refractivity contribution in [3.8, 4) is 39.1 Å². The van der Waals surface area contributed by atoms with Crippen LogP contribution < -0.4 is 4.90 Å². The molecule has 3 aliphatic rings. The highest BCUT2D eigenvalue weighted by molar-refractivity contribution is 5.97. The average Bonchev–Trinajstić information content (AvgIpc) is 3.93. The van der Waals surface area contributed by atoms with Crippen LogP contribution in [0.25, 0.3) is 56.0 Å². The van der Waals surface area contributed by atoms with E-state index in [2.05, 4.69) is 216 Å². The van der Waals surface area contributed by atoms with Crippen molar-refractivity contribution in [1.29, 1.82) is 0 Å². The molecule has 0 fully saturated rings. The van der Waals surface area contributed by atoms with E-state index in [4.69, 9.17) is 0 Å². The first-order valence-electron chi connectivity index (χ1n) is 20.1. The highest BCUT2D eigenvalue weighted by Crippen LogP contribution is 2.63. The molecule has 2 heteroatoms. The summed E-state index contributed by atoms with van der Waals surface area (Å²) in [6.45, 7) is 0. The van der Waals surface area contributed by atoms with Crippen molar-refractivity contribution < 1.29 is 0 Å². The van der Waals surface area contributed by atoms with E-state index >= 15 is 0 Å². The van der Waals surface area contributed by atoms with E-state index in [1.165, 1.54) is 89.0 Å². The Kier molecular flexibility index (Phi) is 7.00. The van der Waals surface area contributed by atoms with Crippen molar-refractivity contribution in [3.05, 3.63) is 234 Å². The summed E-state index contributed by atoms with van der Waals surface area (Å²) >= 11 is 0. The lowest BCUT2D eigenvalue weighted by atomic mass is 9.70. The second-order valence-corrected chi connectivity index (χ2v) is 15.6. The lowest BCUT2D eigenvalue weighted by Crippen LogP contribution is -2.26. The summed E-state index contributed by atoms with van der Waals surface area (Å²) in [6.07, 6.45) is 9.02. The van der Waals surface area contributed by atoms with Crippen LogP contribution in [0.2, 0.25) is 0 Å². The zero-order valence-corrected chi connectivity index (χ0v) is 31.4. The molecule has 12 rings (SSSR count). The van der Waals surface area contributed by atoms with Gasteiger partial charge in [0.1, 0.15) is 0 Å². The first-order chi connectivity index (χ1) is 28.3. The van der Waals surface area contributed by atoms with E-state index < -0.39 is 5.41 Å². The van der Waals surface area contributed by atoms with Gasteiger partial charge in [0.05, 0.1) is 10.9 Å². The Labute approximate surface area is 333 Å². The Morgan fingerprint density at radius 2 is 1.11 bits per heavy atom. The average molecular weight is 727 g/mol. The van der Waals surface area contributed by atoms with Gasteiger partial charge in [0.15, 0.2) is 0 Å². The summed E-state index contributed by atoms with van der Waals surface area (Å²) in [5.74, 6) is 0. The van der Waals surface area contributed by atoms with Gasteiger partial charge < -0.3 is 9.47 Å². The molecule has 0 radical (unpaired) electrons. The molecule has 3 aliphatic carbocycles. The molecular formula is C55H38N2. The molecule has 0 N–H and O–H groups in total. The van der Waals surface area contributed by atoms with Gasteiger partial charge in [0, 0.05) is 34.3 Å². The van der Waals surface area contributed by atoms with Gasteiger partial charge in [0.2, 0.25) is 0 Å². The molecule has 9 aromatic rings. The molecule has 0 saturated carbocycles. The van der Waals surface area contributed by atoms with Crippen LogP contribution in [0.5, 0.6) is 0 Å². The predicted octanol–water partition coefficient (Wildman–Crippen LogP) is 14.1. The van der Waals surface area contributed by atoms with Crippen LogP contribution in [0.1, 0.15) is 39.8 Å². The number of fused-ring (bicyclic) bond motifs is 12. The van der Waals surface area contributed by atoms with Crippen molar-refractivity contribution in [2.75, 3.05) is 4.90 Å². The third-order valence-corrected chi connectivity index (χ3v) is 12.7. The van der Waals surface area contributed by atoms with Crippen LogP contribution in [0.4, 0.5) is 17.1 Å². The van der Waals surface area contributed by atoms with Crippen molar-refractivity contribution in [2.45, 2.75) is 18.3 Å². The summed E-state index contributed by atoms with van der Waals surface area (Å²) in [4.78, 5) is 2.44. The van der Waals surface area contributed by atoms with Gasteiger partial charge in [-0.2, -0.15) is 0 Å². The van der Waals surface area contributed by atoms with Gasteiger partial charge in [-0.15, -0.1) is 0 Å². The standard InChI is InChI=1S/C55H38N2/c1-3-13-37(14-4-1)40-24-30-54-41(33-40)31-32-56(54)43-26-28-48-49-29-27-45(57(42-17-5-2-6-18-42)44-25-23-38-15-7-8-16-39(38)34-44)36-53(49)55(52(48)35-43)50-21-11-9-19-46(50)47-20-10-12-22-51(47)55/h1-6,8-14,16-36H,7,15H2. The van der Waals surface area contributed by atoms with E-state index in [0.717, 1.165) is 24.2 Å². The van der Waals surface area contributed by atoms with Gasteiger partial charge in [0.25, 0.3) is 0 Å². The van der Waals surface area contributed by atoms with E-state index in [1.54, 1.807) is 0 Å². The number of hydrogen-bond acceptors (Lipinski definition) is 1. The summed E-state index contributed by atoms with van der Waals surface area (Å²) in [5.41, 5.74) is 21.1. The van der Waals surface area contributed by atoms with Crippen LogP contribution in [-0.2, 0) is 11.8 Å². The maximum Gasteiger partial charge on any atom is 0.0727 e. The van der Waals surface area contributed by atoms with Gasteiger partial charge in [-0.25, -0.2) is 0 Å². The summed E-state index contributed by atoms with van der Waals surface area (Å²) in [5, 5.41) is 1.23. The smallest absolute Gasteiger partial charge is 0.0727 e. The molecule has 0 aliphatic heterocycles. The van der Waals surface area contributed by atoms with Crippen LogP contribution in [0.3, 0.4) is 0 Å². The molecule has 0 amide bonds. The fourth-order valence-electron chi connectivity index (χ4n) is 10.2. The van der Waals surface area contributed by atoms with E-state index in [9.17, 15) is 0 Å². The topological polar surface area (TPSA) is 8.17 Å². The zero-order valence-electron chi connectivity index (χ0n) is 31.4. The molecule has 57 heavy (non-hydrogen) atoms. The minimum atomic E-state index is -0.492. The molecule has 2 nitrogen and oxygen atoms in total. The third kappa shape index (κ3) is 4.71. The molecule has 0 atom stereocenters. The summed E-state index contributed by atoms with van der Waals surface area (Å²) in [6, 6.07) is 70.1. The van der Waals surface area contributed by atoms with Gasteiger partial charge in [-0.05, 0) is 146 Å². The number of rotatable bonds is 5. The van der Waals surface area contributed by atoms with E-state index in [1.807, 2.05) is 0 Å².